The summed E-state index contributed by atoms with van der Waals surface area (Å²) in [5.41, 5.74) is 3.82. The summed E-state index contributed by atoms with van der Waals surface area (Å²) in [6, 6.07) is 17.8. The normalized spacial score (nSPS) is 10.9. The number of methoxy groups -OCH3 is 1. The molecule has 0 spiro atoms. The highest BCUT2D eigenvalue weighted by Gasteiger charge is 2.16. The van der Waals surface area contributed by atoms with E-state index in [1.807, 2.05) is 84.3 Å². The van der Waals surface area contributed by atoms with Gasteiger partial charge in [-0.2, -0.15) is 5.10 Å². The van der Waals surface area contributed by atoms with Crippen molar-refractivity contribution in [1.29, 1.82) is 0 Å². The van der Waals surface area contributed by atoms with Gasteiger partial charge in [-0.1, -0.05) is 30.3 Å². The molecule has 28 heavy (non-hydrogen) atoms. The summed E-state index contributed by atoms with van der Waals surface area (Å²) in [6.07, 6.45) is 2.01. The molecule has 1 aromatic heterocycles. The van der Waals surface area contributed by atoms with E-state index in [2.05, 4.69) is 0 Å². The number of esters is 1. The van der Waals surface area contributed by atoms with Crippen LogP contribution < -0.4 is 4.74 Å². The van der Waals surface area contributed by atoms with Gasteiger partial charge in [0.15, 0.2) is 0 Å². The molecular formula is C22H25N3O3. The highest BCUT2D eigenvalue weighted by Crippen LogP contribution is 2.27. The molecule has 0 radical (unpaired) electrons. The van der Waals surface area contributed by atoms with Gasteiger partial charge in [-0.05, 0) is 38.2 Å². The summed E-state index contributed by atoms with van der Waals surface area (Å²) in [6.45, 7) is 2.98. The van der Waals surface area contributed by atoms with Gasteiger partial charge >= 0.3 is 5.97 Å². The van der Waals surface area contributed by atoms with E-state index in [0.717, 1.165) is 28.3 Å². The Morgan fingerprint density at radius 2 is 1.93 bits per heavy atom. The number of ether oxygens (including phenoxy) is 2. The number of carbonyl (C=O) groups is 1. The third-order valence-electron chi connectivity index (χ3n) is 4.30. The van der Waals surface area contributed by atoms with E-state index in [9.17, 15) is 4.79 Å². The first-order valence-electron chi connectivity index (χ1n) is 9.23. The molecule has 0 unspecified atom stereocenters. The van der Waals surface area contributed by atoms with Crippen LogP contribution in [-0.2, 0) is 16.1 Å². The Labute approximate surface area is 165 Å². The molecule has 0 saturated heterocycles. The minimum Gasteiger partial charge on any atom is -0.497 e. The minimum atomic E-state index is -0.233. The Balaban J connectivity index is 1.94. The molecule has 0 saturated carbocycles. The summed E-state index contributed by atoms with van der Waals surface area (Å²) in [5, 5.41) is 4.81. The Bertz CT molecular complexity index is 922. The Morgan fingerprint density at radius 3 is 2.64 bits per heavy atom. The SMILES string of the molecule is CCOC(=O)CN(C)Cc1cn(-c2ccccc2)nc1-c1cccc(OC)c1. The van der Waals surface area contributed by atoms with Crippen LogP contribution in [0.1, 0.15) is 12.5 Å². The van der Waals surface area contributed by atoms with E-state index in [1.165, 1.54) is 0 Å². The number of hydrogen-bond acceptors (Lipinski definition) is 5. The van der Waals surface area contributed by atoms with Crippen molar-refractivity contribution in [1.82, 2.24) is 14.7 Å². The Hall–Kier alpha value is -3.12. The maximum atomic E-state index is 11.8. The smallest absolute Gasteiger partial charge is 0.320 e. The monoisotopic (exact) mass is 379 g/mol. The number of likely N-dealkylation sites (N-methyl/N-ethyl adjacent to an activating group) is 1. The zero-order valence-corrected chi connectivity index (χ0v) is 16.5. The molecule has 0 aliphatic heterocycles. The summed E-state index contributed by atoms with van der Waals surface area (Å²) in [5.74, 6) is 0.543. The topological polar surface area (TPSA) is 56.6 Å². The number of aromatic nitrogens is 2. The number of hydrogen-bond donors (Lipinski definition) is 0. The Morgan fingerprint density at radius 1 is 1.14 bits per heavy atom. The maximum absolute atomic E-state index is 11.8. The highest BCUT2D eigenvalue weighted by molar-refractivity contribution is 5.71. The minimum absolute atomic E-state index is 0.224. The van der Waals surface area contributed by atoms with Crippen molar-refractivity contribution in [3.8, 4) is 22.7 Å². The summed E-state index contributed by atoms with van der Waals surface area (Å²) in [7, 11) is 3.54. The lowest BCUT2D eigenvalue weighted by atomic mass is 10.1. The lowest BCUT2D eigenvalue weighted by molar-refractivity contribution is -0.144. The summed E-state index contributed by atoms with van der Waals surface area (Å²) < 4.78 is 12.3. The molecule has 6 nitrogen and oxygen atoms in total. The van der Waals surface area contributed by atoms with Crippen LogP contribution >= 0.6 is 0 Å². The van der Waals surface area contributed by atoms with Gasteiger partial charge in [0.05, 0.1) is 31.6 Å². The van der Waals surface area contributed by atoms with Crippen molar-refractivity contribution < 1.29 is 14.3 Å². The van der Waals surface area contributed by atoms with Crippen molar-refractivity contribution in [2.45, 2.75) is 13.5 Å². The fourth-order valence-corrected chi connectivity index (χ4v) is 3.03. The quantitative estimate of drug-likeness (QED) is 0.560. The van der Waals surface area contributed by atoms with Gasteiger partial charge in [0.25, 0.3) is 0 Å². The van der Waals surface area contributed by atoms with Crippen molar-refractivity contribution >= 4 is 5.97 Å². The molecule has 2 aromatic carbocycles. The Kier molecular flexibility index (Phi) is 6.45. The molecular weight excluding hydrogens is 354 g/mol. The molecule has 0 aliphatic carbocycles. The van der Waals surface area contributed by atoms with Gasteiger partial charge in [0, 0.05) is 23.9 Å². The first kappa shape index (κ1) is 19.6. The van der Waals surface area contributed by atoms with E-state index in [1.54, 1.807) is 7.11 Å². The standard InChI is InChI=1S/C22H25N3O3/c1-4-28-21(26)16-24(2)14-18-15-25(19-10-6-5-7-11-19)23-22(18)17-9-8-12-20(13-17)27-3/h5-13,15H,4,14,16H2,1-3H3. The van der Waals surface area contributed by atoms with Crippen LogP contribution in [0.3, 0.4) is 0 Å². The third-order valence-corrected chi connectivity index (χ3v) is 4.30. The average molecular weight is 379 g/mol. The third kappa shape index (κ3) is 4.78. The van der Waals surface area contributed by atoms with Gasteiger partial charge < -0.3 is 9.47 Å². The predicted octanol–water partition coefficient (Wildman–Crippen LogP) is 3.54. The predicted molar refractivity (Wildman–Crippen MR) is 109 cm³/mol. The fraction of sp³-hybridized carbons (Fsp3) is 0.273. The van der Waals surface area contributed by atoms with Crippen LogP contribution in [-0.4, -0.2) is 48.0 Å². The number of benzene rings is 2. The van der Waals surface area contributed by atoms with Gasteiger partial charge in [0.1, 0.15) is 5.75 Å². The number of rotatable bonds is 8. The fourth-order valence-electron chi connectivity index (χ4n) is 3.03. The molecule has 6 heteroatoms. The summed E-state index contributed by atoms with van der Waals surface area (Å²) in [4.78, 5) is 13.7. The van der Waals surface area contributed by atoms with Gasteiger partial charge in [-0.15, -0.1) is 0 Å². The number of para-hydroxylation sites is 1. The molecule has 0 atom stereocenters. The largest absolute Gasteiger partial charge is 0.497 e. The van der Waals surface area contributed by atoms with Crippen LogP contribution in [0.5, 0.6) is 5.75 Å². The second-order valence-corrected chi connectivity index (χ2v) is 6.49. The van der Waals surface area contributed by atoms with Crippen LogP contribution in [0.25, 0.3) is 16.9 Å². The lowest BCUT2D eigenvalue weighted by Gasteiger charge is -2.15. The molecule has 0 fully saturated rings. The molecule has 3 rings (SSSR count). The molecule has 3 aromatic rings. The van der Waals surface area contributed by atoms with E-state index in [-0.39, 0.29) is 12.5 Å². The lowest BCUT2D eigenvalue weighted by Crippen LogP contribution is -2.27. The van der Waals surface area contributed by atoms with Crippen LogP contribution in [0, 0.1) is 0 Å². The number of carbonyl (C=O) groups excluding carboxylic acids is 1. The molecule has 0 bridgehead atoms. The highest BCUT2D eigenvalue weighted by atomic mass is 16.5. The van der Waals surface area contributed by atoms with Gasteiger partial charge in [-0.3, -0.25) is 9.69 Å². The van der Waals surface area contributed by atoms with Gasteiger partial charge in [-0.25, -0.2) is 4.68 Å². The van der Waals surface area contributed by atoms with E-state index in [0.29, 0.717) is 13.2 Å². The average Bonchev–Trinajstić information content (AvgIpc) is 3.12. The zero-order valence-electron chi connectivity index (χ0n) is 16.5. The van der Waals surface area contributed by atoms with Crippen molar-refractivity contribution in [3.63, 3.8) is 0 Å². The van der Waals surface area contributed by atoms with Crippen molar-refractivity contribution in [2.75, 3.05) is 27.3 Å². The molecule has 0 N–H and O–H groups in total. The van der Waals surface area contributed by atoms with E-state index < -0.39 is 0 Å². The zero-order chi connectivity index (χ0) is 19.9. The molecule has 0 amide bonds. The van der Waals surface area contributed by atoms with Gasteiger partial charge in [0.2, 0.25) is 0 Å². The van der Waals surface area contributed by atoms with E-state index >= 15 is 0 Å². The van der Waals surface area contributed by atoms with Crippen molar-refractivity contribution in [2.24, 2.45) is 0 Å². The number of nitrogens with zero attached hydrogens (tertiary/aromatic N) is 3. The molecule has 146 valence electrons. The first-order chi connectivity index (χ1) is 13.6. The second kappa shape index (κ2) is 9.19. The molecule has 0 aliphatic rings. The van der Waals surface area contributed by atoms with Crippen LogP contribution in [0.4, 0.5) is 0 Å². The second-order valence-electron chi connectivity index (χ2n) is 6.49. The first-order valence-corrected chi connectivity index (χ1v) is 9.23. The van der Waals surface area contributed by atoms with E-state index in [4.69, 9.17) is 14.6 Å². The maximum Gasteiger partial charge on any atom is 0.320 e. The summed E-state index contributed by atoms with van der Waals surface area (Å²) >= 11 is 0. The van der Waals surface area contributed by atoms with Crippen molar-refractivity contribution in [3.05, 3.63) is 66.4 Å². The van der Waals surface area contributed by atoms with Crippen LogP contribution in [0.15, 0.2) is 60.8 Å². The van der Waals surface area contributed by atoms with Crippen LogP contribution in [0.2, 0.25) is 0 Å². The molecule has 1 heterocycles.